The van der Waals surface area contributed by atoms with Crippen LogP contribution in [0.4, 0.5) is 0 Å². The Morgan fingerprint density at radius 3 is 2.94 bits per heavy atom. The van der Waals surface area contributed by atoms with Crippen LogP contribution < -0.4 is 5.32 Å². The normalized spacial score (nSPS) is 10.9. The van der Waals surface area contributed by atoms with Crippen LogP contribution in [0.5, 0.6) is 0 Å². The topological polar surface area (TPSA) is 55.1 Å². The zero-order valence-electron chi connectivity index (χ0n) is 10.7. The van der Waals surface area contributed by atoms with Gasteiger partial charge < -0.3 is 9.73 Å². The van der Waals surface area contributed by atoms with Crippen molar-refractivity contribution in [3.63, 3.8) is 0 Å². The van der Waals surface area contributed by atoms with Crippen LogP contribution in [0.2, 0.25) is 0 Å². The fourth-order valence-corrected chi connectivity index (χ4v) is 2.37. The van der Waals surface area contributed by atoms with Crippen molar-refractivity contribution in [1.82, 2.24) is 10.3 Å². The molecule has 0 bridgehead atoms. The molecule has 1 N–H and O–H groups in total. The Bertz CT molecular complexity index is 529. The summed E-state index contributed by atoms with van der Waals surface area (Å²) in [5, 5.41) is 3.62. The average molecular weight is 264 g/mol. The van der Waals surface area contributed by atoms with Gasteiger partial charge in [0, 0.05) is 11.4 Å². The lowest BCUT2D eigenvalue weighted by Crippen LogP contribution is -2.28. The zero-order valence-corrected chi connectivity index (χ0v) is 11.5. The van der Waals surface area contributed by atoms with E-state index < -0.39 is 0 Å². The van der Waals surface area contributed by atoms with Crippen LogP contribution in [0, 0.1) is 12.8 Å². The molecular weight excluding hydrogens is 248 g/mol. The number of hydrogen-bond donors (Lipinski definition) is 1. The van der Waals surface area contributed by atoms with E-state index in [2.05, 4.69) is 24.1 Å². The fraction of sp³-hybridized carbons (Fsp3) is 0.385. The highest BCUT2D eigenvalue weighted by Crippen LogP contribution is 2.27. The van der Waals surface area contributed by atoms with Crippen LogP contribution in [0.15, 0.2) is 22.8 Å². The molecule has 0 unspecified atom stereocenters. The molecular formula is C13H16N2O2S. The number of amides is 1. The first-order valence-corrected chi connectivity index (χ1v) is 6.69. The first-order valence-electron chi connectivity index (χ1n) is 5.87. The maximum absolute atomic E-state index is 12.0. The Morgan fingerprint density at radius 2 is 2.33 bits per heavy atom. The van der Waals surface area contributed by atoms with Gasteiger partial charge in [0.05, 0.1) is 6.26 Å². The molecule has 2 heterocycles. The van der Waals surface area contributed by atoms with Crippen molar-refractivity contribution in [3.05, 3.63) is 29.0 Å². The predicted octanol–water partition coefficient (Wildman–Crippen LogP) is 3.10. The molecule has 0 aliphatic rings. The molecule has 0 aliphatic carbocycles. The molecule has 0 aliphatic heterocycles. The van der Waals surface area contributed by atoms with E-state index >= 15 is 0 Å². The van der Waals surface area contributed by atoms with Gasteiger partial charge in [-0.05, 0) is 25.0 Å². The summed E-state index contributed by atoms with van der Waals surface area (Å²) in [4.78, 5) is 17.2. The third-order valence-electron chi connectivity index (χ3n) is 2.41. The molecule has 2 aromatic heterocycles. The number of furan rings is 1. The first kappa shape index (κ1) is 12.8. The molecule has 18 heavy (non-hydrogen) atoms. The van der Waals surface area contributed by atoms with E-state index in [0.717, 1.165) is 9.88 Å². The van der Waals surface area contributed by atoms with Gasteiger partial charge in [-0.2, -0.15) is 0 Å². The van der Waals surface area contributed by atoms with E-state index in [9.17, 15) is 4.79 Å². The summed E-state index contributed by atoms with van der Waals surface area (Å²) in [5.41, 5.74) is 0.493. The standard InChI is InChI=1S/C13H16N2O2S/c1-8(2)7-14-12(16)11-9(3)18-13(15-11)10-5-4-6-17-10/h4-6,8H,7H2,1-3H3,(H,14,16). The highest BCUT2D eigenvalue weighted by Gasteiger charge is 2.17. The lowest BCUT2D eigenvalue weighted by molar-refractivity contribution is 0.0944. The summed E-state index contributed by atoms with van der Waals surface area (Å²) >= 11 is 1.47. The van der Waals surface area contributed by atoms with Gasteiger partial charge in [-0.25, -0.2) is 4.98 Å². The second kappa shape index (κ2) is 5.35. The highest BCUT2D eigenvalue weighted by atomic mass is 32.1. The Labute approximate surface area is 110 Å². The van der Waals surface area contributed by atoms with Crippen molar-refractivity contribution in [1.29, 1.82) is 0 Å². The molecule has 1 amide bonds. The van der Waals surface area contributed by atoms with Crippen LogP contribution in [0.25, 0.3) is 10.8 Å². The number of aryl methyl sites for hydroxylation is 1. The van der Waals surface area contributed by atoms with E-state index in [1.807, 2.05) is 19.1 Å². The van der Waals surface area contributed by atoms with Gasteiger partial charge in [-0.1, -0.05) is 13.8 Å². The monoisotopic (exact) mass is 264 g/mol. The molecule has 0 spiro atoms. The van der Waals surface area contributed by atoms with Crippen LogP contribution in [-0.2, 0) is 0 Å². The SMILES string of the molecule is Cc1sc(-c2ccco2)nc1C(=O)NCC(C)C. The molecule has 0 saturated heterocycles. The van der Waals surface area contributed by atoms with Gasteiger partial charge in [0.2, 0.25) is 0 Å². The molecule has 2 aromatic rings. The zero-order chi connectivity index (χ0) is 13.1. The Hall–Kier alpha value is -1.62. The Morgan fingerprint density at radius 1 is 1.56 bits per heavy atom. The van der Waals surface area contributed by atoms with E-state index in [4.69, 9.17) is 4.42 Å². The maximum Gasteiger partial charge on any atom is 0.271 e. The largest absolute Gasteiger partial charge is 0.462 e. The van der Waals surface area contributed by atoms with Crippen LogP contribution >= 0.6 is 11.3 Å². The summed E-state index contributed by atoms with van der Waals surface area (Å²) < 4.78 is 5.28. The summed E-state index contributed by atoms with van der Waals surface area (Å²) in [6.45, 7) is 6.67. The predicted molar refractivity (Wildman–Crippen MR) is 71.7 cm³/mol. The van der Waals surface area contributed by atoms with Crippen LogP contribution in [-0.4, -0.2) is 17.4 Å². The number of hydrogen-bond acceptors (Lipinski definition) is 4. The number of nitrogens with one attached hydrogen (secondary N) is 1. The highest BCUT2D eigenvalue weighted by molar-refractivity contribution is 7.15. The average Bonchev–Trinajstić information content (AvgIpc) is 2.94. The number of thiazole rings is 1. The van der Waals surface area contributed by atoms with Crippen molar-refractivity contribution < 1.29 is 9.21 Å². The maximum atomic E-state index is 12.0. The number of nitrogens with zero attached hydrogens (tertiary/aromatic N) is 1. The molecule has 5 heteroatoms. The Kier molecular flexibility index (Phi) is 3.81. The minimum atomic E-state index is -0.116. The van der Waals surface area contributed by atoms with Crippen molar-refractivity contribution in [2.45, 2.75) is 20.8 Å². The molecule has 0 radical (unpaired) electrons. The quantitative estimate of drug-likeness (QED) is 0.923. The van der Waals surface area contributed by atoms with Crippen molar-refractivity contribution in [2.75, 3.05) is 6.54 Å². The summed E-state index contributed by atoms with van der Waals surface area (Å²) in [6, 6.07) is 3.65. The van der Waals surface area contributed by atoms with Crippen LogP contribution in [0.3, 0.4) is 0 Å². The van der Waals surface area contributed by atoms with Crippen molar-refractivity contribution in [2.24, 2.45) is 5.92 Å². The fourth-order valence-electron chi connectivity index (χ4n) is 1.49. The molecule has 96 valence electrons. The lowest BCUT2D eigenvalue weighted by Gasteiger charge is -2.05. The van der Waals surface area contributed by atoms with Crippen molar-refractivity contribution in [3.8, 4) is 10.8 Å². The van der Waals surface area contributed by atoms with Crippen molar-refractivity contribution >= 4 is 17.2 Å². The molecule has 0 atom stereocenters. The minimum absolute atomic E-state index is 0.116. The number of carbonyl (C=O) groups excluding carboxylic acids is 1. The second-order valence-corrected chi connectivity index (χ2v) is 5.71. The smallest absolute Gasteiger partial charge is 0.271 e. The summed E-state index contributed by atoms with van der Waals surface area (Å²) in [5.74, 6) is 1.01. The van der Waals surface area contributed by atoms with Gasteiger partial charge in [-0.3, -0.25) is 4.79 Å². The molecule has 4 nitrogen and oxygen atoms in total. The molecule has 2 rings (SSSR count). The third-order valence-corrected chi connectivity index (χ3v) is 3.40. The minimum Gasteiger partial charge on any atom is -0.462 e. The number of rotatable bonds is 4. The van der Waals surface area contributed by atoms with Gasteiger partial charge >= 0.3 is 0 Å². The van der Waals surface area contributed by atoms with E-state index in [1.165, 1.54) is 11.3 Å². The second-order valence-electron chi connectivity index (χ2n) is 4.50. The number of aromatic nitrogens is 1. The van der Waals surface area contributed by atoms with E-state index in [-0.39, 0.29) is 5.91 Å². The van der Waals surface area contributed by atoms with Gasteiger partial charge in [0.25, 0.3) is 5.91 Å². The molecule has 0 saturated carbocycles. The van der Waals surface area contributed by atoms with Crippen LogP contribution in [0.1, 0.15) is 29.2 Å². The summed E-state index contributed by atoms with van der Waals surface area (Å²) in [6.07, 6.45) is 1.60. The lowest BCUT2D eigenvalue weighted by atomic mass is 10.2. The van der Waals surface area contributed by atoms with Gasteiger partial charge in [0.1, 0.15) is 5.69 Å². The number of carbonyl (C=O) groups is 1. The summed E-state index contributed by atoms with van der Waals surface area (Å²) in [7, 11) is 0. The molecule has 0 fully saturated rings. The Balaban J connectivity index is 2.17. The third kappa shape index (κ3) is 2.79. The van der Waals surface area contributed by atoms with Gasteiger partial charge in [0.15, 0.2) is 10.8 Å². The first-order chi connectivity index (χ1) is 8.58. The van der Waals surface area contributed by atoms with E-state index in [1.54, 1.807) is 6.26 Å². The van der Waals surface area contributed by atoms with Gasteiger partial charge in [-0.15, -0.1) is 11.3 Å². The van der Waals surface area contributed by atoms with E-state index in [0.29, 0.717) is 23.9 Å². The molecule has 0 aromatic carbocycles.